The highest BCUT2D eigenvalue weighted by Gasteiger charge is 2.60. The van der Waals surface area contributed by atoms with Crippen LogP contribution in [0.15, 0.2) is 78.9 Å². The number of fused-ring (bicyclic) bond motifs is 1. The summed E-state index contributed by atoms with van der Waals surface area (Å²) in [4.78, 5) is 34.3. The third kappa shape index (κ3) is 3.78. The van der Waals surface area contributed by atoms with E-state index in [1.54, 1.807) is 53.6 Å². The zero-order valence-corrected chi connectivity index (χ0v) is 18.8. The Morgan fingerprint density at radius 2 is 1.59 bits per heavy atom. The van der Waals surface area contributed by atoms with Crippen molar-refractivity contribution < 1.29 is 24.3 Å². The smallest absolute Gasteiger partial charge is 0.266 e. The number of rotatable bonds is 7. The average molecular weight is 459 g/mol. The largest absolute Gasteiger partial charge is 0.508 e. The van der Waals surface area contributed by atoms with Crippen LogP contribution in [-0.4, -0.2) is 29.6 Å². The van der Waals surface area contributed by atoms with Crippen LogP contribution in [0.3, 0.4) is 0 Å². The number of ether oxygens (including phenoxy) is 1. The Bertz CT molecular complexity index is 1180. The van der Waals surface area contributed by atoms with E-state index in [1.165, 1.54) is 4.90 Å². The molecule has 7 nitrogen and oxygen atoms in total. The van der Waals surface area contributed by atoms with Crippen molar-refractivity contribution in [2.45, 2.75) is 31.9 Å². The van der Waals surface area contributed by atoms with Gasteiger partial charge in [-0.3, -0.25) is 14.4 Å². The molecular weight excluding hydrogens is 432 g/mol. The van der Waals surface area contributed by atoms with Crippen LogP contribution in [-0.2, 0) is 14.4 Å². The summed E-state index contributed by atoms with van der Waals surface area (Å²) in [5, 5.41) is 12.2. The van der Waals surface area contributed by atoms with Gasteiger partial charge in [0.1, 0.15) is 17.4 Å². The number of unbranched alkanes of at least 4 members (excludes halogenated alkanes) is 1. The Kier molecular flexibility index (Phi) is 5.94. The number of nitrogens with zero attached hydrogens (tertiary/aromatic N) is 2. The second-order valence-corrected chi connectivity index (χ2v) is 8.42. The van der Waals surface area contributed by atoms with Gasteiger partial charge in [-0.25, -0.2) is 9.96 Å². The molecule has 34 heavy (non-hydrogen) atoms. The molecule has 1 N–H and O–H groups in total. The zero-order chi connectivity index (χ0) is 23.7. The Morgan fingerprint density at radius 3 is 2.29 bits per heavy atom. The van der Waals surface area contributed by atoms with E-state index in [9.17, 15) is 14.7 Å². The van der Waals surface area contributed by atoms with Crippen LogP contribution in [0.4, 0.5) is 11.4 Å². The number of phenols is 1. The van der Waals surface area contributed by atoms with Gasteiger partial charge in [0.25, 0.3) is 5.91 Å². The van der Waals surface area contributed by atoms with Crippen molar-refractivity contribution in [2.75, 3.05) is 16.6 Å². The minimum atomic E-state index is -0.988. The highest BCUT2D eigenvalue weighted by atomic mass is 16.7. The fraction of sp³-hybridized carbons (Fsp3) is 0.259. The number of aromatic hydroxyl groups is 1. The zero-order valence-electron chi connectivity index (χ0n) is 18.8. The van der Waals surface area contributed by atoms with Crippen molar-refractivity contribution in [1.29, 1.82) is 0 Å². The molecule has 2 saturated heterocycles. The Hall–Kier alpha value is -3.84. The second-order valence-electron chi connectivity index (χ2n) is 8.42. The Labute approximate surface area is 198 Å². The lowest BCUT2D eigenvalue weighted by Gasteiger charge is -2.29. The van der Waals surface area contributed by atoms with Crippen LogP contribution in [0.2, 0.25) is 0 Å². The number of amides is 2. The summed E-state index contributed by atoms with van der Waals surface area (Å²) >= 11 is 0. The summed E-state index contributed by atoms with van der Waals surface area (Å²) in [6.45, 7) is 2.71. The molecule has 0 bridgehead atoms. The predicted molar refractivity (Wildman–Crippen MR) is 127 cm³/mol. The molecule has 0 aliphatic carbocycles. The summed E-state index contributed by atoms with van der Waals surface area (Å²) < 4.78 is 5.70. The molecule has 2 aliphatic rings. The summed E-state index contributed by atoms with van der Waals surface area (Å²) in [6, 6.07) is 22.4. The van der Waals surface area contributed by atoms with E-state index in [0.29, 0.717) is 29.3 Å². The number of phenolic OH excluding ortho intramolecular Hbond substituents is 1. The number of benzene rings is 3. The lowest BCUT2D eigenvalue weighted by atomic mass is 9.90. The van der Waals surface area contributed by atoms with E-state index in [-0.39, 0.29) is 11.7 Å². The fourth-order valence-electron chi connectivity index (χ4n) is 4.55. The van der Waals surface area contributed by atoms with Crippen LogP contribution in [0.1, 0.15) is 31.4 Å². The molecule has 3 atom stereocenters. The quantitative estimate of drug-likeness (QED) is 0.411. The van der Waals surface area contributed by atoms with Gasteiger partial charge in [0.15, 0.2) is 6.10 Å². The number of hydrogen-bond acceptors (Lipinski definition) is 6. The minimum Gasteiger partial charge on any atom is -0.508 e. The molecule has 2 amide bonds. The van der Waals surface area contributed by atoms with E-state index in [4.69, 9.17) is 9.57 Å². The lowest BCUT2D eigenvalue weighted by Crippen LogP contribution is -2.37. The maximum atomic E-state index is 13.7. The standard InChI is InChI=1S/C27H26N2O5/c1-2-3-17-33-20-15-13-18(14-16-20)28-26(31)23-24(21-11-7-8-12-22(21)30)29(34-25(23)27(28)32)19-9-5-4-6-10-19/h4-16,23-25,30H,2-3,17H2,1H3/t23-,24-,25-/m0/s1. The molecule has 5 rings (SSSR count). The molecule has 174 valence electrons. The summed E-state index contributed by atoms with van der Waals surface area (Å²) in [6.07, 6.45) is 1.00. The second kappa shape index (κ2) is 9.19. The summed E-state index contributed by atoms with van der Waals surface area (Å²) in [5.41, 5.74) is 1.70. The molecule has 0 radical (unpaired) electrons. The van der Waals surface area contributed by atoms with Crippen LogP contribution in [0.5, 0.6) is 11.5 Å². The number of carbonyl (C=O) groups is 2. The topological polar surface area (TPSA) is 79.3 Å². The van der Waals surface area contributed by atoms with Gasteiger partial charge >= 0.3 is 0 Å². The highest BCUT2D eigenvalue weighted by Crippen LogP contribution is 2.49. The van der Waals surface area contributed by atoms with Gasteiger partial charge in [0.05, 0.1) is 24.0 Å². The molecular formula is C27H26N2O5. The number of hydrogen-bond donors (Lipinski definition) is 1. The van der Waals surface area contributed by atoms with E-state index in [0.717, 1.165) is 12.8 Å². The van der Waals surface area contributed by atoms with Crippen molar-refractivity contribution in [3.63, 3.8) is 0 Å². The molecule has 2 heterocycles. The fourth-order valence-corrected chi connectivity index (χ4v) is 4.55. The van der Waals surface area contributed by atoms with Gasteiger partial charge in [-0.05, 0) is 48.9 Å². The first kappa shape index (κ1) is 22.0. The van der Waals surface area contributed by atoms with Gasteiger partial charge < -0.3 is 9.84 Å². The van der Waals surface area contributed by atoms with E-state index >= 15 is 0 Å². The molecule has 2 aliphatic heterocycles. The summed E-state index contributed by atoms with van der Waals surface area (Å²) in [5.74, 6) is -0.851. The molecule has 2 fully saturated rings. The van der Waals surface area contributed by atoms with Crippen LogP contribution < -0.4 is 14.7 Å². The molecule has 0 spiro atoms. The molecule has 3 aromatic carbocycles. The van der Waals surface area contributed by atoms with E-state index in [2.05, 4.69) is 6.92 Å². The van der Waals surface area contributed by atoms with Gasteiger partial charge in [-0.2, -0.15) is 0 Å². The molecule has 0 unspecified atom stereocenters. The monoisotopic (exact) mass is 458 g/mol. The van der Waals surface area contributed by atoms with Crippen molar-refractivity contribution in [3.8, 4) is 11.5 Å². The van der Waals surface area contributed by atoms with Gasteiger partial charge in [-0.1, -0.05) is 49.7 Å². The third-order valence-corrected chi connectivity index (χ3v) is 6.24. The first-order chi connectivity index (χ1) is 16.6. The highest BCUT2D eigenvalue weighted by molar-refractivity contribution is 6.24. The number of carbonyl (C=O) groups excluding carboxylic acids is 2. The van der Waals surface area contributed by atoms with Crippen molar-refractivity contribution in [3.05, 3.63) is 84.4 Å². The maximum Gasteiger partial charge on any atom is 0.266 e. The number of hydroxylamine groups is 1. The van der Waals surface area contributed by atoms with Crippen LogP contribution in [0, 0.1) is 5.92 Å². The normalized spacial score (nSPS) is 21.7. The third-order valence-electron chi connectivity index (χ3n) is 6.24. The van der Waals surface area contributed by atoms with E-state index in [1.807, 2.05) is 30.3 Å². The molecule has 7 heteroatoms. The SMILES string of the molecule is CCCCOc1ccc(N2C(=O)[C@@H]3[C@H](ON(c4ccccc4)[C@H]3c3ccccc3O)C2=O)cc1. The summed E-state index contributed by atoms with van der Waals surface area (Å²) in [7, 11) is 0. The Balaban J connectivity index is 1.47. The van der Waals surface area contributed by atoms with Crippen molar-refractivity contribution >= 4 is 23.2 Å². The van der Waals surface area contributed by atoms with Crippen LogP contribution >= 0.6 is 0 Å². The number of imide groups is 1. The van der Waals surface area contributed by atoms with Crippen molar-refractivity contribution in [2.24, 2.45) is 5.92 Å². The maximum absolute atomic E-state index is 13.7. The van der Waals surface area contributed by atoms with Gasteiger partial charge in [-0.15, -0.1) is 0 Å². The number of anilines is 2. The molecule has 0 aromatic heterocycles. The molecule has 3 aromatic rings. The predicted octanol–water partition coefficient (Wildman–Crippen LogP) is 4.62. The first-order valence-electron chi connectivity index (χ1n) is 11.5. The average Bonchev–Trinajstić information content (AvgIpc) is 3.36. The van der Waals surface area contributed by atoms with Crippen LogP contribution in [0.25, 0.3) is 0 Å². The van der Waals surface area contributed by atoms with E-state index < -0.39 is 24.0 Å². The molecule has 0 saturated carbocycles. The van der Waals surface area contributed by atoms with Crippen molar-refractivity contribution in [1.82, 2.24) is 0 Å². The minimum absolute atomic E-state index is 0.0463. The lowest BCUT2D eigenvalue weighted by molar-refractivity contribution is -0.126. The first-order valence-corrected chi connectivity index (χ1v) is 11.5. The van der Waals surface area contributed by atoms with Gasteiger partial charge in [0, 0.05) is 5.56 Å². The number of para-hydroxylation sites is 2. The Morgan fingerprint density at radius 1 is 0.882 bits per heavy atom. The van der Waals surface area contributed by atoms with Gasteiger partial charge in [0.2, 0.25) is 5.91 Å².